The number of rotatable bonds is 1. The van der Waals surface area contributed by atoms with Crippen LogP contribution in [0.4, 0.5) is 0 Å². The van der Waals surface area contributed by atoms with Crippen molar-refractivity contribution in [2.45, 2.75) is 26.3 Å². The smallest absolute Gasteiger partial charge is 0.253 e. The van der Waals surface area contributed by atoms with Crippen LogP contribution in [-0.4, -0.2) is 11.4 Å². The third-order valence-corrected chi connectivity index (χ3v) is 4.26. The van der Waals surface area contributed by atoms with Crippen LogP contribution < -0.4 is 5.32 Å². The maximum Gasteiger partial charge on any atom is 0.253 e. The molecule has 0 unspecified atom stereocenters. The van der Waals surface area contributed by atoms with E-state index in [0.717, 1.165) is 24.4 Å². The van der Waals surface area contributed by atoms with E-state index in [0.29, 0.717) is 0 Å². The molecule has 0 saturated carbocycles. The average Bonchev–Trinajstić information content (AvgIpc) is 2.26. The Morgan fingerprint density at radius 3 is 2.47 bits per heavy atom. The van der Waals surface area contributed by atoms with Gasteiger partial charge in [0.15, 0.2) is 0 Å². The number of hydrogen-bond acceptors (Lipinski definition) is 1. The molecule has 2 aromatic rings. The van der Waals surface area contributed by atoms with Gasteiger partial charge in [0.2, 0.25) is 0 Å². The quantitative estimate of drug-likeness (QED) is 0.649. The van der Waals surface area contributed by atoms with E-state index >= 15 is 0 Å². The molecule has 19 heavy (non-hydrogen) atoms. The third kappa shape index (κ3) is 3.28. The number of benzene rings is 2. The van der Waals surface area contributed by atoms with Crippen LogP contribution in [-0.2, 0) is 0 Å². The van der Waals surface area contributed by atoms with Crippen molar-refractivity contribution < 1.29 is 4.79 Å². The normalized spacial score (nSPS) is 11.6. The van der Waals surface area contributed by atoms with Gasteiger partial charge in [-0.15, -0.1) is 0 Å². The first-order valence-electron chi connectivity index (χ1n) is 5.99. The first-order chi connectivity index (χ1) is 8.79. The lowest BCUT2D eigenvalue weighted by molar-refractivity contribution is 0.0920. The van der Waals surface area contributed by atoms with Gasteiger partial charge in [0.25, 0.3) is 5.91 Å². The molecular weight excluding hydrogens is 417 g/mol. The Bertz CT molecular complexity index is 646. The van der Waals surface area contributed by atoms with Gasteiger partial charge in [-0.25, -0.2) is 0 Å². The van der Waals surface area contributed by atoms with Crippen molar-refractivity contribution >= 4 is 55.2 Å². The number of amides is 1. The van der Waals surface area contributed by atoms with Crippen molar-refractivity contribution in [3.05, 3.63) is 43.9 Å². The highest BCUT2D eigenvalue weighted by molar-refractivity contribution is 14.1. The summed E-state index contributed by atoms with van der Waals surface area (Å²) in [7, 11) is 0. The maximum absolute atomic E-state index is 12.5. The molecule has 2 rings (SSSR count). The first kappa shape index (κ1) is 14.8. The Kier molecular flexibility index (Phi) is 4.20. The molecule has 0 spiro atoms. The van der Waals surface area contributed by atoms with Crippen molar-refractivity contribution in [3.8, 4) is 0 Å². The molecule has 0 heterocycles. The van der Waals surface area contributed by atoms with Crippen LogP contribution in [0.25, 0.3) is 10.8 Å². The molecule has 0 saturated heterocycles. The summed E-state index contributed by atoms with van der Waals surface area (Å²) in [5.41, 5.74) is 0.503. The number of halogens is 2. The van der Waals surface area contributed by atoms with E-state index in [9.17, 15) is 4.79 Å². The summed E-state index contributed by atoms with van der Waals surface area (Å²) >= 11 is 5.74. The van der Waals surface area contributed by atoms with Gasteiger partial charge in [0.05, 0.1) is 5.56 Å². The summed E-state index contributed by atoms with van der Waals surface area (Å²) < 4.78 is 1.97. The lowest BCUT2D eigenvalue weighted by atomic mass is 10.0. The van der Waals surface area contributed by atoms with Crippen LogP contribution in [0.3, 0.4) is 0 Å². The number of fused-ring (bicyclic) bond motifs is 1. The fourth-order valence-corrected chi connectivity index (χ4v) is 3.14. The highest BCUT2D eigenvalue weighted by atomic mass is 127. The highest BCUT2D eigenvalue weighted by Crippen LogP contribution is 2.29. The SMILES string of the molecule is CC(C)(C)NC(=O)c1c(I)ccc2c(Br)cccc12. The Hall–Kier alpha value is -0.620. The number of hydrogen-bond donors (Lipinski definition) is 1. The number of carbonyl (C=O) groups is 1. The predicted molar refractivity (Wildman–Crippen MR) is 91.6 cm³/mol. The van der Waals surface area contributed by atoms with Crippen molar-refractivity contribution in [2.24, 2.45) is 0 Å². The molecular formula is C15H15BrINO. The molecule has 2 nitrogen and oxygen atoms in total. The molecule has 0 aliphatic rings. The lowest BCUT2D eigenvalue weighted by Gasteiger charge is -2.21. The zero-order chi connectivity index (χ0) is 14.2. The van der Waals surface area contributed by atoms with Crippen molar-refractivity contribution in [3.63, 3.8) is 0 Å². The summed E-state index contributed by atoms with van der Waals surface area (Å²) in [5.74, 6) is -0.0272. The van der Waals surface area contributed by atoms with Gasteiger partial charge in [0.1, 0.15) is 0 Å². The van der Waals surface area contributed by atoms with Gasteiger partial charge in [0, 0.05) is 13.6 Å². The largest absolute Gasteiger partial charge is 0.347 e. The summed E-state index contributed by atoms with van der Waals surface area (Å²) in [4.78, 5) is 12.5. The molecule has 0 atom stereocenters. The maximum atomic E-state index is 12.5. The van der Waals surface area contributed by atoms with Crippen LogP contribution in [0.1, 0.15) is 31.1 Å². The Labute approximate surface area is 135 Å². The summed E-state index contributed by atoms with van der Waals surface area (Å²) in [6.07, 6.45) is 0. The lowest BCUT2D eigenvalue weighted by Crippen LogP contribution is -2.41. The minimum absolute atomic E-state index is 0.0272. The monoisotopic (exact) mass is 431 g/mol. The van der Waals surface area contributed by atoms with Crippen LogP contribution >= 0.6 is 38.5 Å². The minimum Gasteiger partial charge on any atom is -0.347 e. The molecule has 4 heteroatoms. The van der Waals surface area contributed by atoms with Gasteiger partial charge in [-0.1, -0.05) is 34.1 Å². The topological polar surface area (TPSA) is 29.1 Å². The average molecular weight is 432 g/mol. The summed E-state index contributed by atoms with van der Waals surface area (Å²) in [6.45, 7) is 5.95. The van der Waals surface area contributed by atoms with Gasteiger partial charge >= 0.3 is 0 Å². The molecule has 0 radical (unpaired) electrons. The molecule has 100 valence electrons. The van der Waals surface area contributed by atoms with Crippen LogP contribution in [0.5, 0.6) is 0 Å². The van der Waals surface area contributed by atoms with Crippen molar-refractivity contribution in [1.29, 1.82) is 0 Å². The van der Waals surface area contributed by atoms with E-state index in [1.54, 1.807) is 0 Å². The Morgan fingerprint density at radius 1 is 1.16 bits per heavy atom. The molecule has 0 aromatic heterocycles. The molecule has 0 aliphatic heterocycles. The standard InChI is InChI=1S/C15H15BrINO/c1-15(2,3)18-14(19)13-10-5-4-6-11(16)9(10)7-8-12(13)17/h4-8H,1-3H3,(H,18,19). The Morgan fingerprint density at radius 2 is 1.84 bits per heavy atom. The highest BCUT2D eigenvalue weighted by Gasteiger charge is 2.19. The van der Waals surface area contributed by atoms with Gasteiger partial charge in [-0.2, -0.15) is 0 Å². The number of nitrogens with one attached hydrogen (secondary N) is 1. The molecule has 2 aromatic carbocycles. The summed E-state index contributed by atoms with van der Waals surface area (Å²) in [5, 5.41) is 5.06. The fraction of sp³-hybridized carbons (Fsp3) is 0.267. The van der Waals surface area contributed by atoms with E-state index in [-0.39, 0.29) is 11.4 Å². The van der Waals surface area contributed by atoms with Crippen LogP contribution in [0.15, 0.2) is 34.8 Å². The van der Waals surface area contributed by atoms with E-state index in [1.807, 2.05) is 51.1 Å². The fourth-order valence-electron chi connectivity index (χ4n) is 1.93. The molecule has 0 aliphatic carbocycles. The first-order valence-corrected chi connectivity index (χ1v) is 7.86. The second-order valence-electron chi connectivity index (χ2n) is 5.46. The van der Waals surface area contributed by atoms with Gasteiger partial charge in [-0.05, 0) is 66.3 Å². The summed E-state index contributed by atoms with van der Waals surface area (Å²) in [6, 6.07) is 9.94. The number of carbonyl (C=O) groups excluding carboxylic acids is 1. The van der Waals surface area contributed by atoms with Gasteiger partial charge in [-0.3, -0.25) is 4.79 Å². The Balaban J connectivity index is 2.62. The van der Waals surface area contributed by atoms with E-state index in [4.69, 9.17) is 0 Å². The zero-order valence-corrected chi connectivity index (χ0v) is 14.8. The van der Waals surface area contributed by atoms with E-state index in [1.165, 1.54) is 0 Å². The zero-order valence-electron chi connectivity index (χ0n) is 11.1. The van der Waals surface area contributed by atoms with Crippen LogP contribution in [0.2, 0.25) is 0 Å². The second-order valence-corrected chi connectivity index (χ2v) is 7.48. The van der Waals surface area contributed by atoms with Crippen molar-refractivity contribution in [2.75, 3.05) is 0 Å². The minimum atomic E-state index is -0.242. The second kappa shape index (κ2) is 5.40. The van der Waals surface area contributed by atoms with Crippen molar-refractivity contribution in [1.82, 2.24) is 5.32 Å². The molecule has 0 bridgehead atoms. The molecule has 1 N–H and O–H groups in total. The third-order valence-electron chi connectivity index (χ3n) is 2.67. The van der Waals surface area contributed by atoms with Crippen LogP contribution in [0, 0.1) is 3.57 Å². The van der Waals surface area contributed by atoms with E-state index < -0.39 is 0 Å². The molecule has 1 amide bonds. The van der Waals surface area contributed by atoms with E-state index in [2.05, 4.69) is 43.8 Å². The van der Waals surface area contributed by atoms with Gasteiger partial charge < -0.3 is 5.32 Å². The molecule has 0 fully saturated rings. The predicted octanol–water partition coefficient (Wildman–Crippen LogP) is 4.74.